The standard InChI is InChI=1S/C15H12FN3O2/c1-21-15(20)10-7-11-14(18-8-17-11)12(16)13(10)19-9-5-3-2-4-6-9/h2-8,19H,1H3,(H,17,18)/i2D,5D,6D. The maximum absolute atomic E-state index is 14.8. The lowest BCUT2D eigenvalue weighted by Gasteiger charge is -2.12. The molecule has 0 saturated carbocycles. The number of imidazole rings is 1. The molecule has 3 aromatic rings. The highest BCUT2D eigenvalue weighted by atomic mass is 19.1. The van der Waals surface area contributed by atoms with E-state index in [-0.39, 0.29) is 40.6 Å². The minimum atomic E-state index is -0.803. The second-order valence-corrected chi connectivity index (χ2v) is 4.15. The number of fused-ring (bicyclic) bond motifs is 1. The number of halogens is 1. The molecule has 1 heterocycles. The number of H-pyrrole nitrogens is 1. The number of carbonyl (C=O) groups excluding carboxylic acids is 1. The Balaban J connectivity index is 2.21. The van der Waals surface area contributed by atoms with Gasteiger partial charge in [0, 0.05) is 5.69 Å². The molecule has 0 saturated heterocycles. The minimum absolute atomic E-state index is 0.00744. The topological polar surface area (TPSA) is 67.0 Å². The van der Waals surface area contributed by atoms with Gasteiger partial charge < -0.3 is 15.0 Å². The van der Waals surface area contributed by atoms with E-state index in [0.717, 1.165) is 0 Å². The molecule has 0 radical (unpaired) electrons. The lowest BCUT2D eigenvalue weighted by atomic mass is 10.1. The molecule has 0 amide bonds. The number of para-hydroxylation sites is 1. The van der Waals surface area contributed by atoms with Crippen molar-refractivity contribution in [2.45, 2.75) is 0 Å². The number of aromatic nitrogens is 2. The summed E-state index contributed by atoms with van der Waals surface area (Å²) in [5.74, 6) is -1.58. The monoisotopic (exact) mass is 288 g/mol. The normalized spacial score (nSPS) is 12.6. The van der Waals surface area contributed by atoms with Crippen LogP contribution in [0, 0.1) is 5.82 Å². The van der Waals surface area contributed by atoms with Gasteiger partial charge in [0.25, 0.3) is 0 Å². The second kappa shape index (κ2) is 5.24. The third-order valence-corrected chi connectivity index (χ3v) is 2.91. The van der Waals surface area contributed by atoms with Crippen molar-refractivity contribution in [2.24, 2.45) is 0 Å². The Morgan fingerprint density at radius 3 is 2.95 bits per heavy atom. The summed E-state index contributed by atoms with van der Waals surface area (Å²) in [7, 11) is 1.17. The number of ether oxygens (including phenoxy) is 1. The van der Waals surface area contributed by atoms with Crippen molar-refractivity contribution < 1.29 is 18.0 Å². The summed E-state index contributed by atoms with van der Waals surface area (Å²) in [4.78, 5) is 18.6. The van der Waals surface area contributed by atoms with E-state index in [1.54, 1.807) is 0 Å². The van der Waals surface area contributed by atoms with Crippen molar-refractivity contribution in [2.75, 3.05) is 12.4 Å². The van der Waals surface area contributed by atoms with E-state index < -0.39 is 11.8 Å². The van der Waals surface area contributed by atoms with Gasteiger partial charge in [-0.05, 0) is 18.2 Å². The lowest BCUT2D eigenvalue weighted by Crippen LogP contribution is -2.08. The van der Waals surface area contributed by atoms with Crippen molar-refractivity contribution >= 4 is 28.4 Å². The Labute approximate surface area is 124 Å². The number of benzene rings is 2. The van der Waals surface area contributed by atoms with Crippen LogP contribution in [0.4, 0.5) is 15.8 Å². The number of nitrogens with one attached hydrogen (secondary N) is 2. The molecule has 2 N–H and O–H groups in total. The Kier molecular flexibility index (Phi) is 2.48. The molecule has 2 aromatic carbocycles. The summed E-state index contributed by atoms with van der Waals surface area (Å²) in [5.41, 5.74) is -0.0240. The molecule has 0 aliphatic rings. The molecule has 1 aromatic heterocycles. The van der Waals surface area contributed by atoms with Gasteiger partial charge in [0.2, 0.25) is 0 Å². The number of anilines is 2. The smallest absolute Gasteiger partial charge is 0.340 e. The third-order valence-electron chi connectivity index (χ3n) is 2.91. The third kappa shape index (κ3) is 2.31. The first kappa shape index (κ1) is 9.93. The summed E-state index contributed by atoms with van der Waals surface area (Å²) in [6, 6.07) is 3.47. The number of aromatic amines is 1. The van der Waals surface area contributed by atoms with E-state index in [9.17, 15) is 9.18 Å². The van der Waals surface area contributed by atoms with Crippen molar-refractivity contribution in [3.05, 3.63) is 54.0 Å². The van der Waals surface area contributed by atoms with E-state index in [1.807, 2.05) is 0 Å². The lowest BCUT2D eigenvalue weighted by molar-refractivity contribution is 0.0601. The first-order valence-corrected chi connectivity index (χ1v) is 6.01. The molecule has 0 aliphatic carbocycles. The molecule has 0 fully saturated rings. The van der Waals surface area contributed by atoms with Crippen molar-refractivity contribution in [1.82, 2.24) is 9.97 Å². The van der Waals surface area contributed by atoms with E-state index in [0.29, 0.717) is 5.52 Å². The van der Waals surface area contributed by atoms with Crippen LogP contribution < -0.4 is 5.32 Å². The van der Waals surface area contributed by atoms with Gasteiger partial charge in [0.1, 0.15) is 5.52 Å². The number of hydrogen-bond acceptors (Lipinski definition) is 4. The molecule has 0 unspecified atom stereocenters. The van der Waals surface area contributed by atoms with Crippen LogP contribution in [0.15, 0.2) is 42.7 Å². The van der Waals surface area contributed by atoms with E-state index in [4.69, 9.17) is 4.11 Å². The van der Waals surface area contributed by atoms with Gasteiger partial charge in [-0.3, -0.25) is 0 Å². The highest BCUT2D eigenvalue weighted by Crippen LogP contribution is 2.30. The van der Waals surface area contributed by atoms with Crippen LogP contribution in [0.25, 0.3) is 11.0 Å². The second-order valence-electron chi connectivity index (χ2n) is 4.15. The van der Waals surface area contributed by atoms with Gasteiger partial charge in [-0.2, -0.15) is 0 Å². The molecule has 5 nitrogen and oxygen atoms in total. The first-order valence-electron chi connectivity index (χ1n) is 7.51. The molecule has 106 valence electrons. The fourth-order valence-electron chi connectivity index (χ4n) is 1.94. The Morgan fingerprint density at radius 1 is 1.48 bits per heavy atom. The van der Waals surface area contributed by atoms with Gasteiger partial charge in [0.05, 0.1) is 34.3 Å². The van der Waals surface area contributed by atoms with Crippen LogP contribution in [-0.2, 0) is 4.74 Å². The Morgan fingerprint density at radius 2 is 2.24 bits per heavy atom. The Bertz CT molecular complexity index is 936. The molecular weight excluding hydrogens is 273 g/mol. The van der Waals surface area contributed by atoms with Gasteiger partial charge in [-0.1, -0.05) is 18.2 Å². The number of rotatable bonds is 3. The molecule has 0 aliphatic heterocycles. The SMILES string of the molecule is [2H]c1cc([2H])c(Nc2c(C(=O)OC)cc3[nH]cnc3c2F)c([2H])c1. The largest absolute Gasteiger partial charge is 0.465 e. The van der Waals surface area contributed by atoms with Crippen LogP contribution in [0.5, 0.6) is 0 Å². The number of hydrogen-bond donors (Lipinski definition) is 2. The van der Waals surface area contributed by atoms with E-state index in [1.165, 1.54) is 31.6 Å². The van der Waals surface area contributed by atoms with Crippen LogP contribution in [-0.4, -0.2) is 23.0 Å². The number of esters is 1. The van der Waals surface area contributed by atoms with Crippen LogP contribution in [0.1, 0.15) is 14.5 Å². The maximum atomic E-state index is 14.8. The van der Waals surface area contributed by atoms with Crippen LogP contribution in [0.2, 0.25) is 0 Å². The number of nitrogens with zero attached hydrogens (tertiary/aromatic N) is 1. The van der Waals surface area contributed by atoms with Crippen molar-refractivity contribution in [3.63, 3.8) is 0 Å². The van der Waals surface area contributed by atoms with Gasteiger partial charge >= 0.3 is 5.97 Å². The zero-order valence-electron chi connectivity index (χ0n) is 14.0. The molecule has 6 heteroatoms. The highest BCUT2D eigenvalue weighted by Gasteiger charge is 2.20. The average Bonchev–Trinajstić information content (AvgIpc) is 3.00. The quantitative estimate of drug-likeness (QED) is 0.726. The minimum Gasteiger partial charge on any atom is -0.465 e. The maximum Gasteiger partial charge on any atom is 0.340 e. The van der Waals surface area contributed by atoms with Gasteiger partial charge in [0.15, 0.2) is 5.82 Å². The molecule has 0 bridgehead atoms. The zero-order chi connectivity index (χ0) is 17.4. The molecule has 21 heavy (non-hydrogen) atoms. The zero-order valence-corrected chi connectivity index (χ0v) is 11.0. The predicted molar refractivity (Wildman–Crippen MR) is 77.1 cm³/mol. The Hall–Kier alpha value is -2.89. The first-order chi connectivity index (χ1) is 11.4. The molecule has 3 rings (SSSR count). The van der Waals surface area contributed by atoms with Crippen molar-refractivity contribution in [1.29, 1.82) is 0 Å². The fraction of sp³-hybridized carbons (Fsp3) is 0.0667. The molecular formula is C15H12FN3O2. The summed E-state index contributed by atoms with van der Waals surface area (Å²) in [5, 5.41) is 2.61. The summed E-state index contributed by atoms with van der Waals surface area (Å²) >= 11 is 0. The molecule has 0 atom stereocenters. The fourth-order valence-corrected chi connectivity index (χ4v) is 1.94. The summed E-state index contributed by atoms with van der Waals surface area (Å²) < 4.78 is 42.7. The molecule has 0 spiro atoms. The van der Waals surface area contributed by atoms with Crippen LogP contribution >= 0.6 is 0 Å². The van der Waals surface area contributed by atoms with Gasteiger partial charge in [-0.25, -0.2) is 14.2 Å². The number of carbonyl (C=O) groups is 1. The summed E-state index contributed by atoms with van der Waals surface area (Å²) in [6.07, 6.45) is 1.29. The van der Waals surface area contributed by atoms with Gasteiger partial charge in [-0.15, -0.1) is 0 Å². The summed E-state index contributed by atoms with van der Waals surface area (Å²) in [6.45, 7) is 0. The predicted octanol–water partition coefficient (Wildman–Crippen LogP) is 3.23. The van der Waals surface area contributed by atoms with Crippen molar-refractivity contribution in [3.8, 4) is 0 Å². The average molecular weight is 288 g/mol. The van der Waals surface area contributed by atoms with Crippen LogP contribution in [0.3, 0.4) is 0 Å². The van der Waals surface area contributed by atoms with E-state index >= 15 is 0 Å². The number of methoxy groups -OCH3 is 1. The van der Waals surface area contributed by atoms with E-state index in [2.05, 4.69) is 20.0 Å². The highest BCUT2D eigenvalue weighted by molar-refractivity contribution is 6.01.